The molecule has 0 saturated heterocycles. The first kappa shape index (κ1) is 20.8. The molecule has 0 fully saturated rings. The van der Waals surface area contributed by atoms with Gasteiger partial charge in [-0.25, -0.2) is 5.43 Å². The molecular weight excluding hydrogens is 360 g/mol. The van der Waals surface area contributed by atoms with Gasteiger partial charge in [-0.3, -0.25) is 4.79 Å². The number of benzene rings is 2. The van der Waals surface area contributed by atoms with Crippen LogP contribution < -0.4 is 24.4 Å². The third-order valence-electron chi connectivity index (χ3n) is 3.78. The van der Waals surface area contributed by atoms with E-state index in [9.17, 15) is 4.79 Å². The molecule has 0 radical (unpaired) electrons. The van der Waals surface area contributed by atoms with Gasteiger partial charge in [-0.05, 0) is 47.9 Å². The molecule has 28 heavy (non-hydrogen) atoms. The van der Waals surface area contributed by atoms with Crippen LogP contribution in [-0.4, -0.2) is 40.1 Å². The molecule has 148 valence electrons. The number of amides is 1. The van der Waals surface area contributed by atoms with Gasteiger partial charge in [0.05, 0.1) is 27.5 Å². The number of nitrogens with one attached hydrogen (secondary N) is 1. The molecule has 7 heteroatoms. The highest BCUT2D eigenvalue weighted by Crippen LogP contribution is 2.28. The van der Waals surface area contributed by atoms with Gasteiger partial charge in [0.15, 0.2) is 29.6 Å². The maximum absolute atomic E-state index is 12.0. The normalized spacial score (nSPS) is 10.4. The molecule has 0 bridgehead atoms. The summed E-state index contributed by atoms with van der Waals surface area (Å²) in [4.78, 5) is 12.0. The summed E-state index contributed by atoms with van der Waals surface area (Å²) in [5.41, 5.74) is 4.21. The van der Waals surface area contributed by atoms with Crippen molar-refractivity contribution in [1.82, 2.24) is 5.43 Å². The van der Waals surface area contributed by atoms with E-state index in [1.807, 2.05) is 12.1 Å². The molecule has 0 aliphatic heterocycles. The number of carbonyl (C=O) groups excluding carboxylic acids is 1. The van der Waals surface area contributed by atoms with E-state index in [0.717, 1.165) is 17.5 Å². The number of allylic oxidation sites excluding steroid dienone is 1. The average molecular weight is 384 g/mol. The first-order valence-electron chi connectivity index (χ1n) is 8.55. The van der Waals surface area contributed by atoms with Gasteiger partial charge in [-0.2, -0.15) is 5.10 Å². The van der Waals surface area contributed by atoms with Crippen molar-refractivity contribution in [3.63, 3.8) is 0 Å². The lowest BCUT2D eigenvalue weighted by atomic mass is 10.1. The quantitative estimate of drug-likeness (QED) is 0.387. The number of carbonyl (C=O) groups is 1. The van der Waals surface area contributed by atoms with Crippen molar-refractivity contribution in [1.29, 1.82) is 0 Å². The third-order valence-corrected chi connectivity index (χ3v) is 3.78. The Morgan fingerprint density at radius 2 is 1.68 bits per heavy atom. The Bertz CT molecular complexity index is 849. The molecule has 2 aromatic carbocycles. The summed E-state index contributed by atoms with van der Waals surface area (Å²) in [7, 11) is 4.66. The third kappa shape index (κ3) is 5.77. The van der Waals surface area contributed by atoms with Crippen molar-refractivity contribution in [2.75, 3.05) is 27.9 Å². The molecule has 0 aliphatic rings. The highest BCUT2D eigenvalue weighted by atomic mass is 16.5. The van der Waals surface area contributed by atoms with Gasteiger partial charge in [-0.1, -0.05) is 12.1 Å². The second-order valence-corrected chi connectivity index (χ2v) is 5.67. The van der Waals surface area contributed by atoms with Crippen LogP contribution in [0.25, 0.3) is 0 Å². The minimum absolute atomic E-state index is 0.194. The fraction of sp³-hybridized carbons (Fsp3) is 0.238. The molecular formula is C21H24N2O5. The van der Waals surface area contributed by atoms with Gasteiger partial charge in [0.2, 0.25) is 0 Å². The van der Waals surface area contributed by atoms with Crippen molar-refractivity contribution in [3.05, 3.63) is 60.2 Å². The molecule has 0 atom stereocenters. The van der Waals surface area contributed by atoms with Gasteiger partial charge < -0.3 is 18.9 Å². The Kier molecular flexibility index (Phi) is 7.90. The molecule has 0 aliphatic carbocycles. The SMILES string of the molecule is C=CCc1ccc(OCC(=O)N/N=C\c2ccc(OC)c(OC)c2)c(OC)c1. The topological polar surface area (TPSA) is 78.4 Å². The number of methoxy groups -OCH3 is 3. The van der Waals surface area contributed by atoms with E-state index < -0.39 is 5.91 Å². The second-order valence-electron chi connectivity index (χ2n) is 5.67. The Morgan fingerprint density at radius 1 is 1.00 bits per heavy atom. The van der Waals surface area contributed by atoms with Crippen molar-refractivity contribution in [3.8, 4) is 23.0 Å². The molecule has 1 amide bonds. The van der Waals surface area contributed by atoms with Crippen LogP contribution >= 0.6 is 0 Å². The molecule has 2 rings (SSSR count). The van der Waals surface area contributed by atoms with Crippen LogP contribution in [0, 0.1) is 0 Å². The zero-order chi connectivity index (χ0) is 20.4. The molecule has 0 unspecified atom stereocenters. The van der Waals surface area contributed by atoms with Crippen LogP contribution in [-0.2, 0) is 11.2 Å². The van der Waals surface area contributed by atoms with E-state index in [2.05, 4.69) is 17.1 Å². The molecule has 0 aromatic heterocycles. The predicted molar refractivity (Wildman–Crippen MR) is 108 cm³/mol. The van der Waals surface area contributed by atoms with E-state index in [-0.39, 0.29) is 6.61 Å². The molecule has 0 saturated carbocycles. The number of hydrazone groups is 1. The van der Waals surface area contributed by atoms with Crippen LogP contribution in [0.4, 0.5) is 0 Å². The van der Waals surface area contributed by atoms with Crippen LogP contribution in [0.1, 0.15) is 11.1 Å². The zero-order valence-electron chi connectivity index (χ0n) is 16.2. The fourth-order valence-corrected chi connectivity index (χ4v) is 2.41. The summed E-state index contributed by atoms with van der Waals surface area (Å²) in [6, 6.07) is 10.8. The lowest BCUT2D eigenvalue weighted by molar-refractivity contribution is -0.123. The summed E-state index contributed by atoms with van der Waals surface area (Å²) in [5, 5.41) is 3.92. The molecule has 1 N–H and O–H groups in total. The lowest BCUT2D eigenvalue weighted by Crippen LogP contribution is -2.24. The number of nitrogens with zero attached hydrogens (tertiary/aromatic N) is 1. The van der Waals surface area contributed by atoms with Crippen molar-refractivity contribution >= 4 is 12.1 Å². The maximum Gasteiger partial charge on any atom is 0.277 e. The van der Waals surface area contributed by atoms with E-state index in [4.69, 9.17) is 18.9 Å². The number of hydrogen-bond donors (Lipinski definition) is 1. The Balaban J connectivity index is 1.91. The van der Waals surface area contributed by atoms with Gasteiger partial charge in [0, 0.05) is 0 Å². The number of ether oxygens (including phenoxy) is 4. The minimum Gasteiger partial charge on any atom is -0.493 e. The maximum atomic E-state index is 12.0. The average Bonchev–Trinajstić information content (AvgIpc) is 2.72. The summed E-state index contributed by atoms with van der Waals surface area (Å²) in [6.07, 6.45) is 4.03. The van der Waals surface area contributed by atoms with Crippen LogP contribution in [0.5, 0.6) is 23.0 Å². The van der Waals surface area contributed by atoms with E-state index >= 15 is 0 Å². The smallest absolute Gasteiger partial charge is 0.277 e. The highest BCUT2D eigenvalue weighted by molar-refractivity contribution is 5.83. The largest absolute Gasteiger partial charge is 0.493 e. The Morgan fingerprint density at radius 3 is 2.36 bits per heavy atom. The second kappa shape index (κ2) is 10.6. The van der Waals surface area contributed by atoms with Crippen LogP contribution in [0.3, 0.4) is 0 Å². The summed E-state index contributed by atoms with van der Waals surface area (Å²) < 4.78 is 21.2. The van der Waals surface area contributed by atoms with Gasteiger partial charge >= 0.3 is 0 Å². The Hall–Kier alpha value is -3.48. The monoisotopic (exact) mass is 384 g/mol. The van der Waals surface area contributed by atoms with Crippen molar-refractivity contribution < 1.29 is 23.7 Å². The number of rotatable bonds is 10. The summed E-state index contributed by atoms with van der Waals surface area (Å²) in [5.74, 6) is 1.84. The molecule has 2 aromatic rings. The highest BCUT2D eigenvalue weighted by Gasteiger charge is 2.08. The van der Waals surface area contributed by atoms with E-state index in [1.165, 1.54) is 6.21 Å². The zero-order valence-corrected chi connectivity index (χ0v) is 16.2. The first-order valence-corrected chi connectivity index (χ1v) is 8.55. The van der Waals surface area contributed by atoms with E-state index in [0.29, 0.717) is 23.0 Å². The van der Waals surface area contributed by atoms with Gasteiger partial charge in [0.25, 0.3) is 5.91 Å². The first-order chi connectivity index (χ1) is 13.6. The van der Waals surface area contributed by atoms with Crippen LogP contribution in [0.2, 0.25) is 0 Å². The standard InChI is InChI=1S/C21H24N2O5/c1-5-6-15-7-10-18(20(11-15)27-4)28-14-21(24)23-22-13-16-8-9-17(25-2)19(12-16)26-3/h5,7-13H,1,6,14H2,2-4H3,(H,23,24)/b22-13-. The minimum atomic E-state index is -0.394. The van der Waals surface area contributed by atoms with E-state index in [1.54, 1.807) is 51.7 Å². The molecule has 7 nitrogen and oxygen atoms in total. The van der Waals surface area contributed by atoms with Crippen molar-refractivity contribution in [2.24, 2.45) is 5.10 Å². The molecule has 0 spiro atoms. The summed E-state index contributed by atoms with van der Waals surface area (Å²) >= 11 is 0. The lowest BCUT2D eigenvalue weighted by Gasteiger charge is -2.11. The van der Waals surface area contributed by atoms with Crippen molar-refractivity contribution in [2.45, 2.75) is 6.42 Å². The predicted octanol–water partition coefficient (Wildman–Crippen LogP) is 2.97. The summed E-state index contributed by atoms with van der Waals surface area (Å²) in [6.45, 7) is 3.52. The fourth-order valence-electron chi connectivity index (χ4n) is 2.41. The molecule has 0 heterocycles. The van der Waals surface area contributed by atoms with Gasteiger partial charge in [-0.15, -0.1) is 6.58 Å². The van der Waals surface area contributed by atoms with Gasteiger partial charge in [0.1, 0.15) is 0 Å². The Labute approximate surface area is 164 Å². The van der Waals surface area contributed by atoms with Crippen LogP contribution in [0.15, 0.2) is 54.2 Å². The number of hydrogen-bond acceptors (Lipinski definition) is 6.